The zero-order valence-corrected chi connectivity index (χ0v) is 13.8. The van der Waals surface area contributed by atoms with Gasteiger partial charge in [-0.2, -0.15) is 0 Å². The molecule has 0 aromatic heterocycles. The van der Waals surface area contributed by atoms with Gasteiger partial charge in [0.25, 0.3) is 5.69 Å². The average Bonchev–Trinajstić information content (AvgIpc) is 2.57. The Morgan fingerprint density at radius 1 is 1.04 bits per heavy atom. The van der Waals surface area contributed by atoms with E-state index in [1.165, 1.54) is 12.1 Å². The minimum atomic E-state index is -0.481. The number of fused-ring (bicyclic) bond motifs is 1. The van der Waals surface area contributed by atoms with Crippen LogP contribution in [-0.4, -0.2) is 12.0 Å². The minimum absolute atomic E-state index is 0.0653. The third-order valence-electron chi connectivity index (χ3n) is 3.70. The normalized spacial score (nSPS) is 10.6. The number of aryl methyl sites for hydroxylation is 1. The monoisotopic (exact) mass is 343 g/mol. The molecule has 0 amide bonds. The Hall–Kier alpha value is -2.79. The number of nitro benzene ring substituents is 1. The van der Waals surface area contributed by atoms with E-state index in [4.69, 9.17) is 21.1 Å². The molecule has 0 radical (unpaired) electrons. The van der Waals surface area contributed by atoms with E-state index in [9.17, 15) is 10.1 Å². The van der Waals surface area contributed by atoms with Crippen LogP contribution < -0.4 is 9.47 Å². The van der Waals surface area contributed by atoms with Crippen LogP contribution in [0.25, 0.3) is 10.8 Å². The molecule has 6 heteroatoms. The maximum atomic E-state index is 10.9. The van der Waals surface area contributed by atoms with Gasteiger partial charge in [0.15, 0.2) is 0 Å². The van der Waals surface area contributed by atoms with E-state index in [1.807, 2.05) is 30.3 Å². The van der Waals surface area contributed by atoms with Gasteiger partial charge in [0.05, 0.1) is 17.1 Å². The van der Waals surface area contributed by atoms with Crippen LogP contribution in [0.5, 0.6) is 17.2 Å². The minimum Gasteiger partial charge on any atom is -0.496 e. The first kappa shape index (κ1) is 16.1. The molecule has 0 saturated carbocycles. The van der Waals surface area contributed by atoms with Gasteiger partial charge in [-0.15, -0.1) is 0 Å². The number of non-ortho nitro benzene ring substituents is 1. The van der Waals surface area contributed by atoms with Crippen molar-refractivity contribution in [1.82, 2.24) is 0 Å². The molecule has 0 bridgehead atoms. The fourth-order valence-corrected chi connectivity index (χ4v) is 2.87. The van der Waals surface area contributed by atoms with E-state index >= 15 is 0 Å². The molecule has 3 aromatic rings. The second kappa shape index (κ2) is 6.37. The van der Waals surface area contributed by atoms with Gasteiger partial charge in [-0.3, -0.25) is 10.1 Å². The lowest BCUT2D eigenvalue weighted by atomic mass is 10.1. The summed E-state index contributed by atoms with van der Waals surface area (Å²) in [5, 5.41) is 12.9. The van der Waals surface area contributed by atoms with E-state index in [0.29, 0.717) is 17.1 Å². The number of hydrogen-bond acceptors (Lipinski definition) is 4. The average molecular weight is 344 g/mol. The van der Waals surface area contributed by atoms with Crippen LogP contribution in [0.2, 0.25) is 5.02 Å². The summed E-state index contributed by atoms with van der Waals surface area (Å²) < 4.78 is 11.3. The van der Waals surface area contributed by atoms with Crippen LogP contribution in [0.1, 0.15) is 5.56 Å². The van der Waals surface area contributed by atoms with Crippen molar-refractivity contribution in [2.45, 2.75) is 6.92 Å². The van der Waals surface area contributed by atoms with Crippen molar-refractivity contribution in [3.05, 3.63) is 69.2 Å². The molecule has 0 unspecified atom stereocenters. The molecule has 0 atom stereocenters. The summed E-state index contributed by atoms with van der Waals surface area (Å²) in [5.74, 6) is 1.74. The van der Waals surface area contributed by atoms with Gasteiger partial charge >= 0.3 is 0 Å². The highest BCUT2D eigenvalue weighted by Crippen LogP contribution is 2.40. The van der Waals surface area contributed by atoms with E-state index in [0.717, 1.165) is 16.5 Å². The van der Waals surface area contributed by atoms with E-state index in [-0.39, 0.29) is 10.7 Å². The van der Waals surface area contributed by atoms with Crippen molar-refractivity contribution in [3.8, 4) is 17.2 Å². The zero-order chi connectivity index (χ0) is 17.3. The molecule has 122 valence electrons. The number of benzene rings is 3. The van der Waals surface area contributed by atoms with Crippen LogP contribution >= 0.6 is 11.6 Å². The van der Waals surface area contributed by atoms with E-state index in [1.54, 1.807) is 20.1 Å². The summed E-state index contributed by atoms with van der Waals surface area (Å²) in [6.45, 7) is 1.72. The number of methoxy groups -OCH3 is 1. The molecule has 5 nitrogen and oxygen atoms in total. The zero-order valence-electron chi connectivity index (χ0n) is 13.1. The third-order valence-corrected chi connectivity index (χ3v) is 3.98. The molecular weight excluding hydrogens is 330 g/mol. The number of ether oxygens (including phenoxy) is 2. The number of hydrogen-bond donors (Lipinski definition) is 0. The largest absolute Gasteiger partial charge is 0.496 e. The Kier molecular flexibility index (Phi) is 4.27. The van der Waals surface area contributed by atoms with Gasteiger partial charge in [0, 0.05) is 28.5 Å². The summed E-state index contributed by atoms with van der Waals surface area (Å²) in [7, 11) is 1.61. The van der Waals surface area contributed by atoms with Gasteiger partial charge in [-0.05, 0) is 19.1 Å². The van der Waals surface area contributed by atoms with Crippen LogP contribution in [0.3, 0.4) is 0 Å². The standard InChI is InChI=1S/C18H14ClNO4/c1-11-9-12(20(21)22)10-15(19)18(11)24-17-8-7-16(23-2)13-5-3-4-6-14(13)17/h3-10H,1-2H3. The molecule has 0 heterocycles. The molecule has 0 aliphatic heterocycles. The van der Waals surface area contributed by atoms with E-state index in [2.05, 4.69) is 0 Å². The Bertz CT molecular complexity index is 916. The quantitative estimate of drug-likeness (QED) is 0.463. The number of nitro groups is 1. The third kappa shape index (κ3) is 2.86. The number of halogens is 1. The van der Waals surface area contributed by atoms with Crippen LogP contribution in [-0.2, 0) is 0 Å². The summed E-state index contributed by atoms with van der Waals surface area (Å²) in [6, 6.07) is 14.0. The Morgan fingerprint density at radius 3 is 2.25 bits per heavy atom. The smallest absolute Gasteiger partial charge is 0.271 e. The lowest BCUT2D eigenvalue weighted by Crippen LogP contribution is -1.94. The lowest BCUT2D eigenvalue weighted by molar-refractivity contribution is -0.384. The number of rotatable bonds is 4. The molecular formula is C18H14ClNO4. The van der Waals surface area contributed by atoms with Crippen molar-refractivity contribution in [2.24, 2.45) is 0 Å². The topological polar surface area (TPSA) is 61.6 Å². The molecule has 0 spiro atoms. The molecule has 0 fully saturated rings. The molecule has 0 aliphatic rings. The first-order valence-corrected chi connectivity index (χ1v) is 7.57. The fourth-order valence-electron chi connectivity index (χ4n) is 2.57. The first-order chi connectivity index (χ1) is 11.5. The van der Waals surface area contributed by atoms with E-state index < -0.39 is 4.92 Å². The van der Waals surface area contributed by atoms with Crippen LogP contribution in [0, 0.1) is 17.0 Å². The molecule has 0 saturated heterocycles. The Morgan fingerprint density at radius 2 is 1.67 bits per heavy atom. The van der Waals surface area contributed by atoms with Crippen LogP contribution in [0.4, 0.5) is 5.69 Å². The first-order valence-electron chi connectivity index (χ1n) is 7.19. The predicted molar refractivity (Wildman–Crippen MR) is 93.4 cm³/mol. The van der Waals surface area contributed by atoms with Gasteiger partial charge in [-0.1, -0.05) is 35.9 Å². The van der Waals surface area contributed by atoms with Crippen molar-refractivity contribution in [3.63, 3.8) is 0 Å². The maximum Gasteiger partial charge on any atom is 0.271 e. The van der Waals surface area contributed by atoms with Gasteiger partial charge in [-0.25, -0.2) is 0 Å². The summed E-state index contributed by atoms with van der Waals surface area (Å²) >= 11 is 6.18. The molecule has 0 N–H and O–H groups in total. The predicted octanol–water partition coefficient (Wildman–Crippen LogP) is 5.51. The van der Waals surface area contributed by atoms with Crippen molar-refractivity contribution < 1.29 is 14.4 Å². The molecule has 3 aromatic carbocycles. The Labute approximate surface area is 143 Å². The van der Waals surface area contributed by atoms with Crippen molar-refractivity contribution in [2.75, 3.05) is 7.11 Å². The molecule has 3 rings (SSSR count). The Balaban J connectivity index is 2.10. The van der Waals surface area contributed by atoms with Crippen molar-refractivity contribution >= 4 is 28.1 Å². The summed E-state index contributed by atoms with van der Waals surface area (Å²) in [4.78, 5) is 10.4. The summed E-state index contributed by atoms with van der Waals surface area (Å²) in [5.41, 5.74) is 0.526. The maximum absolute atomic E-state index is 10.9. The van der Waals surface area contributed by atoms with Gasteiger partial charge < -0.3 is 9.47 Å². The molecule has 24 heavy (non-hydrogen) atoms. The van der Waals surface area contributed by atoms with Gasteiger partial charge in [0.1, 0.15) is 17.2 Å². The highest BCUT2D eigenvalue weighted by atomic mass is 35.5. The van der Waals surface area contributed by atoms with Gasteiger partial charge in [0.2, 0.25) is 0 Å². The highest BCUT2D eigenvalue weighted by Gasteiger charge is 2.16. The number of nitrogens with zero attached hydrogens (tertiary/aromatic N) is 1. The van der Waals surface area contributed by atoms with Crippen molar-refractivity contribution in [1.29, 1.82) is 0 Å². The SMILES string of the molecule is COc1ccc(Oc2c(C)cc([N+](=O)[O-])cc2Cl)c2ccccc12. The van der Waals surface area contributed by atoms with Crippen LogP contribution in [0.15, 0.2) is 48.5 Å². The highest BCUT2D eigenvalue weighted by molar-refractivity contribution is 6.32. The molecule has 0 aliphatic carbocycles. The fraction of sp³-hybridized carbons (Fsp3) is 0.111. The summed E-state index contributed by atoms with van der Waals surface area (Å²) in [6.07, 6.45) is 0. The second-order valence-electron chi connectivity index (χ2n) is 5.24. The lowest BCUT2D eigenvalue weighted by Gasteiger charge is -2.14. The second-order valence-corrected chi connectivity index (χ2v) is 5.65.